The zero-order valence-electron chi connectivity index (χ0n) is 16.8. The monoisotopic (exact) mass is 420 g/mol. The molecule has 0 radical (unpaired) electrons. The molecule has 156 valence electrons. The van der Waals surface area contributed by atoms with Crippen LogP contribution >= 0.6 is 11.8 Å². The third-order valence-electron chi connectivity index (χ3n) is 4.40. The molecule has 0 spiro atoms. The van der Waals surface area contributed by atoms with Gasteiger partial charge in [0.1, 0.15) is 0 Å². The van der Waals surface area contributed by atoms with E-state index in [0.717, 1.165) is 11.4 Å². The highest BCUT2D eigenvalue weighted by Gasteiger charge is 2.20. The van der Waals surface area contributed by atoms with Crippen molar-refractivity contribution in [2.45, 2.75) is 31.7 Å². The minimum absolute atomic E-state index is 0.00891. The predicted octanol–water partition coefficient (Wildman–Crippen LogP) is 3.74. The molecule has 8 nitrogen and oxygen atoms in total. The van der Waals surface area contributed by atoms with E-state index in [1.807, 2.05) is 25.3 Å². The third-order valence-corrected chi connectivity index (χ3v) is 5.39. The van der Waals surface area contributed by atoms with E-state index in [1.54, 1.807) is 25.3 Å². The molecule has 0 saturated heterocycles. The number of aromatic nitrogens is 1. The van der Waals surface area contributed by atoms with Gasteiger partial charge in [-0.2, -0.15) is 0 Å². The molecule has 0 amide bonds. The van der Waals surface area contributed by atoms with Crippen LogP contribution in [0.15, 0.2) is 35.2 Å². The summed E-state index contributed by atoms with van der Waals surface area (Å²) in [6.45, 7) is 5.98. The minimum atomic E-state index is -0.525. The van der Waals surface area contributed by atoms with Crippen molar-refractivity contribution in [1.82, 2.24) is 4.57 Å². The molecule has 0 aliphatic rings. The Hall–Kier alpha value is -2.65. The fourth-order valence-electron chi connectivity index (χ4n) is 3.13. The molecule has 0 unspecified atom stereocenters. The maximum absolute atomic E-state index is 12.5. The van der Waals surface area contributed by atoms with Crippen LogP contribution in [0.3, 0.4) is 0 Å². The number of non-ortho nitro benzene ring substituents is 1. The summed E-state index contributed by atoms with van der Waals surface area (Å²) >= 11 is 1.19. The molecule has 1 atom stereocenters. The van der Waals surface area contributed by atoms with Crippen molar-refractivity contribution >= 4 is 29.2 Å². The number of carbonyl (C=O) groups is 2. The Kier molecular flexibility index (Phi) is 7.98. The number of thioether (sulfide) groups is 1. The molecule has 9 heteroatoms. The molecule has 0 N–H and O–H groups in total. The normalized spacial score (nSPS) is 11.9. The predicted molar refractivity (Wildman–Crippen MR) is 110 cm³/mol. The number of carbonyl (C=O) groups excluding carboxylic acids is 2. The van der Waals surface area contributed by atoms with E-state index in [4.69, 9.17) is 9.47 Å². The molecule has 0 aliphatic heterocycles. The lowest BCUT2D eigenvalue weighted by atomic mass is 10.1. The molecule has 1 aromatic heterocycles. The molecule has 29 heavy (non-hydrogen) atoms. The first-order valence-electron chi connectivity index (χ1n) is 8.98. The van der Waals surface area contributed by atoms with E-state index in [1.165, 1.54) is 23.9 Å². The van der Waals surface area contributed by atoms with Gasteiger partial charge in [-0.15, -0.1) is 11.8 Å². The van der Waals surface area contributed by atoms with E-state index in [-0.39, 0.29) is 29.9 Å². The van der Waals surface area contributed by atoms with E-state index in [2.05, 4.69) is 0 Å². The number of aryl methyl sites for hydroxylation is 1. The molecule has 0 saturated carbocycles. The van der Waals surface area contributed by atoms with E-state index in [9.17, 15) is 19.7 Å². The van der Waals surface area contributed by atoms with E-state index < -0.39 is 10.9 Å². The molecule has 0 aliphatic carbocycles. The van der Waals surface area contributed by atoms with Gasteiger partial charge in [-0.1, -0.05) is 0 Å². The zero-order valence-corrected chi connectivity index (χ0v) is 17.7. The fraction of sp³-hybridized carbons (Fsp3) is 0.400. The van der Waals surface area contributed by atoms with Crippen molar-refractivity contribution in [3.63, 3.8) is 0 Å². The van der Waals surface area contributed by atoms with Gasteiger partial charge < -0.3 is 14.0 Å². The molecule has 2 aromatic rings. The second kappa shape index (κ2) is 10.2. The van der Waals surface area contributed by atoms with Gasteiger partial charge in [-0.25, -0.2) is 0 Å². The summed E-state index contributed by atoms with van der Waals surface area (Å²) in [5.41, 5.74) is 2.27. The second-order valence-corrected chi connectivity index (χ2v) is 7.63. The molecule has 0 bridgehead atoms. The molecule has 0 fully saturated rings. The topological polar surface area (TPSA) is 101 Å². The zero-order chi connectivity index (χ0) is 21.6. The highest BCUT2D eigenvalue weighted by atomic mass is 32.2. The number of ketones is 1. The van der Waals surface area contributed by atoms with Crippen molar-refractivity contribution in [2.75, 3.05) is 26.1 Å². The lowest BCUT2D eigenvalue weighted by Crippen LogP contribution is -2.17. The van der Waals surface area contributed by atoms with E-state index >= 15 is 0 Å². The molecule has 2 rings (SSSR count). The summed E-state index contributed by atoms with van der Waals surface area (Å²) in [4.78, 5) is 35.3. The summed E-state index contributed by atoms with van der Waals surface area (Å²) in [6.07, 6.45) is 0. The molecular formula is C20H24N2O6S. The number of nitro groups is 1. The number of ether oxygens (including phenoxy) is 2. The summed E-state index contributed by atoms with van der Waals surface area (Å²) < 4.78 is 12.3. The lowest BCUT2D eigenvalue weighted by molar-refractivity contribution is -0.384. The number of rotatable bonds is 10. The highest BCUT2D eigenvalue weighted by Crippen LogP contribution is 2.23. The standard InChI is InChI=1S/C20H24N2O6S/c1-13-9-18(15(3)21(13)14(2)10-27-4)19(23)11-28-20(24)12-29-17-7-5-16(6-8-17)22(25)26/h5-9,14H,10-12H2,1-4H3/t14-/m1/s1. The van der Waals surface area contributed by atoms with Crippen LogP contribution in [0.4, 0.5) is 5.69 Å². The average molecular weight is 420 g/mol. The minimum Gasteiger partial charge on any atom is -0.457 e. The quantitative estimate of drug-likeness (QED) is 0.190. The van der Waals surface area contributed by atoms with Gasteiger partial charge in [0, 0.05) is 41.1 Å². The maximum Gasteiger partial charge on any atom is 0.316 e. The van der Waals surface area contributed by atoms with Crippen molar-refractivity contribution in [1.29, 1.82) is 0 Å². The first-order chi connectivity index (χ1) is 13.7. The van der Waals surface area contributed by atoms with Crippen LogP contribution in [0.1, 0.15) is 34.7 Å². The molecular weight excluding hydrogens is 396 g/mol. The van der Waals surface area contributed by atoms with E-state index in [0.29, 0.717) is 17.1 Å². The maximum atomic E-state index is 12.5. The second-order valence-electron chi connectivity index (χ2n) is 6.58. The van der Waals surface area contributed by atoms with Crippen molar-refractivity contribution in [3.8, 4) is 0 Å². The fourth-order valence-corrected chi connectivity index (χ4v) is 3.82. The molecule has 1 heterocycles. The highest BCUT2D eigenvalue weighted by molar-refractivity contribution is 8.00. The number of esters is 1. The van der Waals surface area contributed by atoms with Crippen molar-refractivity contribution < 1.29 is 24.0 Å². The van der Waals surface area contributed by atoms with Crippen LogP contribution in [0.5, 0.6) is 0 Å². The van der Waals surface area contributed by atoms with Crippen molar-refractivity contribution in [3.05, 3.63) is 57.4 Å². The van der Waals surface area contributed by atoms with Gasteiger partial charge >= 0.3 is 5.97 Å². The number of methoxy groups -OCH3 is 1. The van der Waals surface area contributed by atoms with Crippen LogP contribution in [0.2, 0.25) is 0 Å². The van der Waals surface area contributed by atoms with Crippen LogP contribution < -0.4 is 0 Å². The SMILES string of the molecule is COC[C@@H](C)n1c(C)cc(C(=O)COC(=O)CSc2ccc([N+](=O)[O-])cc2)c1C. The Morgan fingerprint density at radius 1 is 1.24 bits per heavy atom. The first-order valence-corrected chi connectivity index (χ1v) is 9.96. The average Bonchev–Trinajstić information content (AvgIpc) is 2.99. The van der Waals surface area contributed by atoms with Crippen LogP contribution in [-0.2, 0) is 14.3 Å². The van der Waals surface area contributed by atoms with Crippen LogP contribution in [0.25, 0.3) is 0 Å². The van der Waals surface area contributed by atoms with Crippen molar-refractivity contribution in [2.24, 2.45) is 0 Å². The van der Waals surface area contributed by atoms with Crippen LogP contribution in [-0.4, -0.2) is 47.3 Å². The van der Waals surface area contributed by atoms with Gasteiger partial charge in [0.2, 0.25) is 5.78 Å². The Balaban J connectivity index is 1.89. The van der Waals surface area contributed by atoms with Gasteiger partial charge in [0.15, 0.2) is 6.61 Å². The summed E-state index contributed by atoms with van der Waals surface area (Å²) in [7, 11) is 1.63. The lowest BCUT2D eigenvalue weighted by Gasteiger charge is -2.17. The Morgan fingerprint density at radius 3 is 2.48 bits per heavy atom. The van der Waals surface area contributed by atoms with Gasteiger partial charge in [0.05, 0.1) is 23.3 Å². The number of nitro benzene ring substituents is 1. The van der Waals surface area contributed by atoms with Gasteiger partial charge in [-0.05, 0) is 39.0 Å². The Bertz CT molecular complexity index is 891. The number of hydrogen-bond donors (Lipinski definition) is 0. The number of hydrogen-bond acceptors (Lipinski definition) is 7. The first kappa shape index (κ1) is 22.6. The van der Waals surface area contributed by atoms with Gasteiger partial charge in [-0.3, -0.25) is 19.7 Å². The molecule has 1 aromatic carbocycles. The number of benzene rings is 1. The smallest absolute Gasteiger partial charge is 0.316 e. The number of nitrogens with zero attached hydrogens (tertiary/aromatic N) is 2. The number of Topliss-reactive ketones (excluding diaryl/α,β-unsaturated/α-hetero) is 1. The Morgan fingerprint density at radius 2 is 1.90 bits per heavy atom. The van der Waals surface area contributed by atoms with Gasteiger partial charge in [0.25, 0.3) is 5.69 Å². The largest absolute Gasteiger partial charge is 0.457 e. The third kappa shape index (κ3) is 5.91. The summed E-state index contributed by atoms with van der Waals surface area (Å²) in [5.74, 6) is -0.777. The Labute approximate surface area is 173 Å². The summed E-state index contributed by atoms with van der Waals surface area (Å²) in [6, 6.07) is 7.76. The summed E-state index contributed by atoms with van der Waals surface area (Å²) in [5, 5.41) is 10.6. The van der Waals surface area contributed by atoms with Crippen LogP contribution in [0, 0.1) is 24.0 Å².